The molecule has 0 aliphatic carbocycles. The second-order valence-electron chi connectivity index (χ2n) is 3.92. The number of fused-ring (bicyclic) bond motifs is 1. The smallest absolute Gasteiger partial charge is 0.162 e. The number of hydrogen-bond acceptors (Lipinski definition) is 3. The topological polar surface area (TPSA) is 21.3 Å². The van der Waals surface area contributed by atoms with Crippen LogP contribution in [0.1, 0.15) is 11.0 Å². The zero-order valence-corrected chi connectivity index (χ0v) is 13.0. The van der Waals surface area contributed by atoms with Gasteiger partial charge in [0.1, 0.15) is 0 Å². The van der Waals surface area contributed by atoms with Crippen molar-refractivity contribution in [3.05, 3.63) is 43.0 Å². The van der Waals surface area contributed by atoms with Crippen molar-refractivity contribution in [2.45, 2.75) is 6.10 Å². The third-order valence-electron chi connectivity index (χ3n) is 2.65. The van der Waals surface area contributed by atoms with Gasteiger partial charge in [0.05, 0.1) is 17.3 Å². The van der Waals surface area contributed by atoms with E-state index in [9.17, 15) is 0 Å². The van der Waals surface area contributed by atoms with E-state index in [2.05, 4.69) is 27.3 Å². The molecule has 0 saturated heterocycles. The fourth-order valence-corrected chi connectivity index (χ4v) is 3.87. The lowest BCUT2D eigenvalue weighted by Gasteiger charge is -2.27. The first-order valence-electron chi connectivity index (χ1n) is 5.27. The summed E-state index contributed by atoms with van der Waals surface area (Å²) in [6.45, 7) is 0.705. The lowest BCUT2D eigenvalue weighted by molar-refractivity contribution is 0.214. The van der Waals surface area contributed by atoms with Gasteiger partial charge in [0.2, 0.25) is 0 Å². The maximum Gasteiger partial charge on any atom is 0.162 e. The molecule has 2 nitrogen and oxygen atoms in total. The molecule has 0 amide bonds. The Morgan fingerprint density at radius 2 is 2.17 bits per heavy atom. The first-order chi connectivity index (χ1) is 8.63. The van der Waals surface area contributed by atoms with Crippen LogP contribution in [-0.2, 0) is 0 Å². The first kappa shape index (κ1) is 12.6. The summed E-state index contributed by atoms with van der Waals surface area (Å²) in [5, 5.41) is 6.48. The Hall–Kier alpha value is -0.420. The van der Waals surface area contributed by atoms with E-state index in [0.29, 0.717) is 22.3 Å². The maximum atomic E-state index is 6.15. The van der Waals surface area contributed by atoms with Gasteiger partial charge >= 0.3 is 0 Å². The Morgan fingerprint density at radius 3 is 2.89 bits per heavy atom. The van der Waals surface area contributed by atoms with Crippen molar-refractivity contribution in [3.63, 3.8) is 0 Å². The Labute approximate surface area is 127 Å². The van der Waals surface area contributed by atoms with Crippen molar-refractivity contribution in [3.8, 4) is 5.75 Å². The van der Waals surface area contributed by atoms with Crippen LogP contribution in [-0.4, -0.2) is 6.54 Å². The van der Waals surface area contributed by atoms with E-state index in [0.717, 1.165) is 15.0 Å². The predicted octanol–water partition coefficient (Wildman–Crippen LogP) is 5.36. The van der Waals surface area contributed by atoms with Crippen LogP contribution in [0.3, 0.4) is 0 Å². The van der Waals surface area contributed by atoms with Gasteiger partial charge in [-0.1, -0.05) is 23.2 Å². The molecule has 1 aromatic heterocycles. The normalized spacial score (nSPS) is 17.8. The largest absolute Gasteiger partial charge is 0.479 e. The van der Waals surface area contributed by atoms with Gasteiger partial charge in [0, 0.05) is 19.8 Å². The third kappa shape index (κ3) is 2.35. The highest BCUT2D eigenvalue weighted by Crippen LogP contribution is 2.42. The second-order valence-corrected chi connectivity index (χ2v) is 6.62. The molecule has 1 aliphatic rings. The molecule has 18 heavy (non-hydrogen) atoms. The quantitative estimate of drug-likeness (QED) is 0.735. The van der Waals surface area contributed by atoms with Crippen LogP contribution in [0, 0.1) is 0 Å². The van der Waals surface area contributed by atoms with Crippen LogP contribution < -0.4 is 10.1 Å². The molecule has 0 spiro atoms. The second kappa shape index (κ2) is 4.93. The molecule has 1 aromatic carbocycles. The van der Waals surface area contributed by atoms with E-state index in [4.69, 9.17) is 27.9 Å². The molecule has 2 heterocycles. The summed E-state index contributed by atoms with van der Waals surface area (Å²) < 4.78 is 7.02. The van der Waals surface area contributed by atoms with E-state index >= 15 is 0 Å². The molecule has 0 saturated carbocycles. The fourth-order valence-electron chi connectivity index (χ4n) is 1.85. The number of hydrogen-bond donors (Lipinski definition) is 1. The number of benzene rings is 1. The maximum absolute atomic E-state index is 6.15. The molecule has 94 valence electrons. The number of thiophene rings is 1. The summed E-state index contributed by atoms with van der Waals surface area (Å²) >= 11 is 17.2. The van der Waals surface area contributed by atoms with Crippen molar-refractivity contribution < 1.29 is 4.74 Å². The monoisotopic (exact) mass is 363 g/mol. The molecular weight excluding hydrogens is 357 g/mol. The third-order valence-corrected chi connectivity index (χ3v) is 4.94. The first-order valence-corrected chi connectivity index (χ1v) is 7.70. The molecule has 0 fully saturated rings. The highest BCUT2D eigenvalue weighted by atomic mass is 79.9. The lowest BCUT2D eigenvalue weighted by atomic mass is 10.2. The van der Waals surface area contributed by atoms with Gasteiger partial charge in [-0.25, -0.2) is 0 Å². The van der Waals surface area contributed by atoms with Gasteiger partial charge in [0.25, 0.3) is 0 Å². The average molecular weight is 365 g/mol. The Balaban J connectivity index is 1.93. The Bertz CT molecular complexity index is 602. The number of ether oxygens (including phenoxy) is 1. The van der Waals surface area contributed by atoms with Crippen molar-refractivity contribution in [1.82, 2.24) is 0 Å². The highest BCUT2D eigenvalue weighted by Gasteiger charge is 2.24. The van der Waals surface area contributed by atoms with E-state index in [1.807, 2.05) is 11.4 Å². The summed E-state index contributed by atoms with van der Waals surface area (Å²) in [6.07, 6.45) is -0.0209. The van der Waals surface area contributed by atoms with Crippen LogP contribution in [0.15, 0.2) is 28.1 Å². The molecular formula is C12H8BrCl2NOS. The van der Waals surface area contributed by atoms with Gasteiger partial charge in [0.15, 0.2) is 11.9 Å². The van der Waals surface area contributed by atoms with Crippen LogP contribution in [0.4, 0.5) is 5.69 Å². The predicted molar refractivity (Wildman–Crippen MR) is 80.3 cm³/mol. The lowest BCUT2D eigenvalue weighted by Crippen LogP contribution is -2.23. The van der Waals surface area contributed by atoms with Gasteiger partial charge in [-0.3, -0.25) is 0 Å². The summed E-state index contributed by atoms with van der Waals surface area (Å²) in [6, 6.07) is 5.57. The molecule has 1 aliphatic heterocycles. The van der Waals surface area contributed by atoms with Crippen molar-refractivity contribution in [2.24, 2.45) is 0 Å². The minimum atomic E-state index is -0.0209. The van der Waals surface area contributed by atoms with Crippen molar-refractivity contribution in [1.29, 1.82) is 0 Å². The molecule has 0 radical (unpaired) electrons. The minimum Gasteiger partial charge on any atom is -0.479 e. The van der Waals surface area contributed by atoms with Crippen LogP contribution in [0.2, 0.25) is 10.0 Å². The van der Waals surface area contributed by atoms with E-state index < -0.39 is 0 Å². The zero-order chi connectivity index (χ0) is 12.7. The SMILES string of the molecule is Clc1cc(Cl)c2c(c1)NCC(c1cc(Br)cs1)O2. The van der Waals surface area contributed by atoms with E-state index in [-0.39, 0.29) is 6.10 Å². The van der Waals surface area contributed by atoms with Gasteiger partial charge in [-0.05, 0) is 34.1 Å². The van der Waals surface area contributed by atoms with E-state index in [1.165, 1.54) is 0 Å². The summed E-state index contributed by atoms with van der Waals surface area (Å²) in [5.74, 6) is 0.668. The molecule has 1 atom stereocenters. The van der Waals surface area contributed by atoms with Crippen LogP contribution in [0.25, 0.3) is 0 Å². The van der Waals surface area contributed by atoms with Crippen molar-refractivity contribution >= 4 is 56.2 Å². The Kier molecular flexibility index (Phi) is 3.45. The summed E-state index contributed by atoms with van der Waals surface area (Å²) in [5.41, 5.74) is 0.847. The van der Waals surface area contributed by atoms with E-state index in [1.54, 1.807) is 17.4 Å². The van der Waals surface area contributed by atoms with Gasteiger partial charge in [-0.15, -0.1) is 11.3 Å². The summed E-state index contributed by atoms with van der Waals surface area (Å²) in [7, 11) is 0. The standard InChI is InChI=1S/C12H8BrCl2NOS/c13-6-1-11(18-5-6)10-4-16-9-3-7(14)2-8(15)12(9)17-10/h1-3,5,10,16H,4H2. The molecule has 2 aromatic rings. The molecule has 1 unspecified atom stereocenters. The molecule has 0 bridgehead atoms. The number of halogens is 3. The van der Waals surface area contributed by atoms with Crippen molar-refractivity contribution in [2.75, 3.05) is 11.9 Å². The number of anilines is 1. The van der Waals surface area contributed by atoms with Gasteiger partial charge in [-0.2, -0.15) is 0 Å². The average Bonchev–Trinajstić information content (AvgIpc) is 2.75. The molecule has 3 rings (SSSR count). The summed E-state index contributed by atoms with van der Waals surface area (Å²) in [4.78, 5) is 1.16. The fraction of sp³-hybridized carbons (Fsp3) is 0.167. The minimum absolute atomic E-state index is 0.0209. The molecule has 6 heteroatoms. The highest BCUT2D eigenvalue weighted by molar-refractivity contribution is 9.10. The van der Waals surface area contributed by atoms with Gasteiger partial charge < -0.3 is 10.1 Å². The van der Waals surface area contributed by atoms with Crippen LogP contribution in [0.5, 0.6) is 5.75 Å². The Morgan fingerprint density at radius 1 is 1.33 bits per heavy atom. The zero-order valence-electron chi connectivity index (χ0n) is 9.04. The van der Waals surface area contributed by atoms with Crippen LogP contribution >= 0.6 is 50.5 Å². The number of rotatable bonds is 1. The molecule has 1 N–H and O–H groups in total. The number of nitrogens with one attached hydrogen (secondary N) is 1.